The highest BCUT2D eigenvalue weighted by Gasteiger charge is 2.16. The van der Waals surface area contributed by atoms with Crippen molar-refractivity contribution >= 4 is 17.1 Å². The lowest BCUT2D eigenvalue weighted by Gasteiger charge is -2.10. The Balaban J connectivity index is 1.66. The molecule has 0 saturated carbocycles. The average molecular weight is 375 g/mol. The van der Waals surface area contributed by atoms with E-state index in [9.17, 15) is 18.8 Å². The number of carbonyl (C=O) groups excluding carboxylic acids is 1. The highest BCUT2D eigenvalue weighted by Crippen LogP contribution is 2.14. The molecule has 0 bridgehead atoms. The van der Waals surface area contributed by atoms with Crippen LogP contribution in [0, 0.1) is 5.82 Å². The third kappa shape index (κ3) is 3.59. The number of ether oxygens (including phenoxy) is 1. The number of carbonyl (C=O) groups is 1. The van der Waals surface area contributed by atoms with E-state index in [-0.39, 0.29) is 30.1 Å². The van der Waals surface area contributed by atoms with Gasteiger partial charge >= 0.3 is 5.69 Å². The molecule has 1 amide bonds. The fraction of sp³-hybridized carbons (Fsp3) is 0.294. The van der Waals surface area contributed by atoms with E-state index in [0.717, 1.165) is 4.57 Å². The predicted octanol–water partition coefficient (Wildman–Crippen LogP) is -0.232. The fourth-order valence-electron chi connectivity index (χ4n) is 2.65. The Morgan fingerprint density at radius 1 is 1.26 bits per heavy atom. The summed E-state index contributed by atoms with van der Waals surface area (Å²) in [5.41, 5.74) is -0.745. The van der Waals surface area contributed by atoms with Gasteiger partial charge in [0.1, 0.15) is 13.2 Å². The van der Waals surface area contributed by atoms with Gasteiger partial charge < -0.3 is 14.6 Å². The summed E-state index contributed by atoms with van der Waals surface area (Å²) in [7, 11) is 3.11. The van der Waals surface area contributed by atoms with Gasteiger partial charge in [0.25, 0.3) is 5.56 Å². The van der Waals surface area contributed by atoms with Crippen LogP contribution in [0.3, 0.4) is 0 Å². The lowest BCUT2D eigenvalue weighted by molar-refractivity contribution is -0.121. The molecule has 0 spiro atoms. The van der Waals surface area contributed by atoms with Crippen LogP contribution in [0.2, 0.25) is 0 Å². The molecule has 0 fully saturated rings. The molecule has 142 valence electrons. The second-order valence-electron chi connectivity index (χ2n) is 5.89. The number of nitrogens with zero attached hydrogens (tertiary/aromatic N) is 4. The van der Waals surface area contributed by atoms with Crippen LogP contribution in [0.15, 0.2) is 40.2 Å². The van der Waals surface area contributed by atoms with Crippen LogP contribution >= 0.6 is 0 Å². The molecule has 3 rings (SSSR count). The van der Waals surface area contributed by atoms with E-state index in [0.29, 0.717) is 0 Å². The van der Waals surface area contributed by atoms with Crippen molar-refractivity contribution < 1.29 is 13.9 Å². The molecular weight excluding hydrogens is 357 g/mol. The average Bonchev–Trinajstić information content (AvgIpc) is 3.04. The monoisotopic (exact) mass is 375 g/mol. The number of nitrogens with one attached hydrogen (secondary N) is 1. The quantitative estimate of drug-likeness (QED) is 0.600. The number of aryl methyl sites for hydroxylation is 2. The van der Waals surface area contributed by atoms with E-state index in [2.05, 4.69) is 10.3 Å². The minimum absolute atomic E-state index is 0.0420. The second-order valence-corrected chi connectivity index (χ2v) is 5.89. The topological polar surface area (TPSA) is 100 Å². The smallest absolute Gasteiger partial charge is 0.332 e. The van der Waals surface area contributed by atoms with Gasteiger partial charge in [-0.1, -0.05) is 12.1 Å². The maximum Gasteiger partial charge on any atom is 0.332 e. The van der Waals surface area contributed by atoms with E-state index in [1.807, 2.05) is 0 Å². The molecule has 9 nitrogen and oxygen atoms in total. The number of amides is 1. The van der Waals surface area contributed by atoms with Crippen molar-refractivity contribution in [2.75, 3.05) is 13.2 Å². The molecule has 10 heteroatoms. The van der Waals surface area contributed by atoms with Gasteiger partial charge in [-0.3, -0.25) is 14.2 Å². The first-order valence-corrected chi connectivity index (χ1v) is 8.15. The third-order valence-corrected chi connectivity index (χ3v) is 4.02. The van der Waals surface area contributed by atoms with Crippen molar-refractivity contribution in [2.45, 2.75) is 6.54 Å². The van der Waals surface area contributed by atoms with Crippen molar-refractivity contribution in [1.82, 2.24) is 24.0 Å². The Hall–Kier alpha value is -3.43. The summed E-state index contributed by atoms with van der Waals surface area (Å²) in [6.45, 7) is -0.303. The first-order chi connectivity index (χ1) is 12.9. The van der Waals surface area contributed by atoms with E-state index in [1.54, 1.807) is 19.2 Å². The third-order valence-electron chi connectivity index (χ3n) is 4.02. The number of halogens is 1. The van der Waals surface area contributed by atoms with Crippen LogP contribution in [0.1, 0.15) is 0 Å². The number of benzene rings is 1. The normalized spacial score (nSPS) is 10.9. The van der Waals surface area contributed by atoms with Crippen LogP contribution in [-0.4, -0.2) is 37.7 Å². The lowest BCUT2D eigenvalue weighted by Crippen LogP contribution is -2.44. The van der Waals surface area contributed by atoms with Gasteiger partial charge in [0.15, 0.2) is 22.7 Å². The van der Waals surface area contributed by atoms with E-state index in [4.69, 9.17) is 4.74 Å². The molecule has 0 radical (unpaired) electrons. The molecule has 0 aliphatic heterocycles. The molecule has 0 atom stereocenters. The summed E-state index contributed by atoms with van der Waals surface area (Å²) >= 11 is 0. The summed E-state index contributed by atoms with van der Waals surface area (Å²) in [5.74, 6) is -0.949. The van der Waals surface area contributed by atoms with E-state index < -0.39 is 29.5 Å². The SMILES string of the molecule is Cn1cnc2c1c(=O)n(CC(=O)NCCOc1ccccc1F)c(=O)n2C. The number of aromatic nitrogens is 4. The molecule has 2 heterocycles. The molecular formula is C17H18FN5O4. The van der Waals surface area contributed by atoms with Crippen LogP contribution in [0.25, 0.3) is 11.2 Å². The van der Waals surface area contributed by atoms with E-state index in [1.165, 1.54) is 34.6 Å². The van der Waals surface area contributed by atoms with Gasteiger partial charge in [-0.15, -0.1) is 0 Å². The first-order valence-electron chi connectivity index (χ1n) is 8.15. The van der Waals surface area contributed by atoms with Crippen LogP contribution in [-0.2, 0) is 25.4 Å². The highest BCUT2D eigenvalue weighted by atomic mass is 19.1. The van der Waals surface area contributed by atoms with Gasteiger partial charge in [-0.05, 0) is 12.1 Å². The second kappa shape index (κ2) is 7.44. The van der Waals surface area contributed by atoms with Gasteiger partial charge in [-0.2, -0.15) is 0 Å². The van der Waals surface area contributed by atoms with Gasteiger partial charge in [0, 0.05) is 14.1 Å². The van der Waals surface area contributed by atoms with Gasteiger partial charge in [0.2, 0.25) is 5.91 Å². The zero-order valence-corrected chi connectivity index (χ0v) is 14.8. The minimum Gasteiger partial charge on any atom is -0.489 e. The predicted molar refractivity (Wildman–Crippen MR) is 95.1 cm³/mol. The molecule has 0 unspecified atom stereocenters. The molecule has 1 aromatic carbocycles. The molecule has 0 aliphatic carbocycles. The Bertz CT molecular complexity index is 1110. The summed E-state index contributed by atoms with van der Waals surface area (Å²) in [6.07, 6.45) is 1.43. The maximum atomic E-state index is 13.4. The van der Waals surface area contributed by atoms with Crippen LogP contribution in [0.4, 0.5) is 4.39 Å². The Kier molecular flexibility index (Phi) is 5.06. The zero-order chi connectivity index (χ0) is 19.6. The number of imidazole rings is 1. The number of rotatable bonds is 6. The largest absolute Gasteiger partial charge is 0.489 e. The summed E-state index contributed by atoms with van der Waals surface area (Å²) < 4.78 is 22.2. The fourth-order valence-corrected chi connectivity index (χ4v) is 2.65. The molecule has 27 heavy (non-hydrogen) atoms. The van der Waals surface area contributed by atoms with Crippen molar-refractivity contribution in [3.8, 4) is 5.75 Å². The maximum absolute atomic E-state index is 13.4. The number of hydrogen-bond donors (Lipinski definition) is 1. The Labute approximate surface area is 152 Å². The molecule has 3 aromatic rings. The Morgan fingerprint density at radius 2 is 2.00 bits per heavy atom. The number of para-hydroxylation sites is 1. The van der Waals surface area contributed by atoms with Crippen molar-refractivity contribution in [1.29, 1.82) is 0 Å². The van der Waals surface area contributed by atoms with Crippen molar-refractivity contribution in [3.05, 3.63) is 57.2 Å². The zero-order valence-electron chi connectivity index (χ0n) is 14.8. The molecule has 1 N–H and O–H groups in total. The van der Waals surface area contributed by atoms with Gasteiger partial charge in [0.05, 0.1) is 12.9 Å². The Morgan fingerprint density at radius 3 is 2.74 bits per heavy atom. The van der Waals surface area contributed by atoms with Crippen LogP contribution in [0.5, 0.6) is 5.75 Å². The number of fused-ring (bicyclic) bond motifs is 1. The highest BCUT2D eigenvalue weighted by molar-refractivity contribution is 5.76. The van der Waals surface area contributed by atoms with E-state index >= 15 is 0 Å². The summed E-state index contributed by atoms with van der Waals surface area (Å²) in [6, 6.07) is 5.92. The minimum atomic E-state index is -0.635. The van der Waals surface area contributed by atoms with Crippen molar-refractivity contribution in [2.24, 2.45) is 14.1 Å². The first kappa shape index (κ1) is 18.4. The molecule has 0 saturated heterocycles. The molecule has 2 aromatic heterocycles. The standard InChI is InChI=1S/C17H18FN5O4/c1-21-10-20-15-14(21)16(25)23(17(26)22(15)2)9-13(24)19-7-8-27-12-6-4-3-5-11(12)18/h3-6,10H,7-9H2,1-2H3,(H,19,24). The van der Waals surface area contributed by atoms with Crippen LogP contribution < -0.4 is 21.3 Å². The van der Waals surface area contributed by atoms with Gasteiger partial charge in [-0.25, -0.2) is 18.7 Å². The number of hydrogen-bond acceptors (Lipinski definition) is 5. The lowest BCUT2D eigenvalue weighted by atomic mass is 10.3. The summed E-state index contributed by atoms with van der Waals surface area (Å²) in [4.78, 5) is 41.0. The summed E-state index contributed by atoms with van der Waals surface area (Å²) in [5, 5.41) is 2.53. The molecule has 0 aliphatic rings. The van der Waals surface area contributed by atoms with Crippen molar-refractivity contribution in [3.63, 3.8) is 0 Å².